The van der Waals surface area contributed by atoms with Gasteiger partial charge in [0.05, 0.1) is 18.2 Å². The van der Waals surface area contributed by atoms with E-state index in [0.29, 0.717) is 30.2 Å². The Labute approximate surface area is 105 Å². The van der Waals surface area contributed by atoms with Crippen molar-refractivity contribution in [3.63, 3.8) is 0 Å². The molecule has 17 heavy (non-hydrogen) atoms. The molecule has 0 unspecified atom stereocenters. The van der Waals surface area contributed by atoms with Gasteiger partial charge in [-0.1, -0.05) is 17.7 Å². The second-order valence-electron chi connectivity index (χ2n) is 3.91. The van der Waals surface area contributed by atoms with E-state index in [0.717, 1.165) is 12.1 Å². The largest absolute Gasteiger partial charge is 0.336 e. The van der Waals surface area contributed by atoms with Crippen LogP contribution in [0.5, 0.6) is 0 Å². The first-order chi connectivity index (χ1) is 8.20. The topological polar surface area (TPSA) is 56.1 Å². The normalized spacial score (nSPS) is 15.8. The first kappa shape index (κ1) is 11.9. The van der Waals surface area contributed by atoms with Crippen LogP contribution in [-0.2, 0) is 11.3 Å². The molecule has 0 bridgehead atoms. The van der Waals surface area contributed by atoms with E-state index in [9.17, 15) is 4.79 Å². The first-order valence-electron chi connectivity index (χ1n) is 5.38. The SMILES string of the molecule is N#Cc1ccc(CN2CCNCC2=O)c(Cl)c1. The van der Waals surface area contributed by atoms with Crippen LogP contribution >= 0.6 is 11.6 Å². The Morgan fingerprint density at radius 1 is 1.53 bits per heavy atom. The lowest BCUT2D eigenvalue weighted by molar-refractivity contribution is -0.132. The number of amides is 1. The number of rotatable bonds is 2. The zero-order valence-corrected chi connectivity index (χ0v) is 10.00. The Bertz CT molecular complexity index is 481. The molecule has 0 aromatic heterocycles. The summed E-state index contributed by atoms with van der Waals surface area (Å²) in [5.41, 5.74) is 1.41. The number of carbonyl (C=O) groups is 1. The molecule has 1 aromatic rings. The minimum Gasteiger partial charge on any atom is -0.336 e. The molecule has 1 heterocycles. The maximum Gasteiger partial charge on any atom is 0.236 e. The highest BCUT2D eigenvalue weighted by Gasteiger charge is 2.18. The molecule has 0 aliphatic carbocycles. The molecular formula is C12H12ClN3O. The predicted octanol–water partition coefficient (Wildman–Crippen LogP) is 1.14. The molecule has 1 aliphatic rings. The Kier molecular flexibility index (Phi) is 3.62. The van der Waals surface area contributed by atoms with Gasteiger partial charge < -0.3 is 10.2 Å². The lowest BCUT2D eigenvalue weighted by Crippen LogP contribution is -2.47. The van der Waals surface area contributed by atoms with E-state index >= 15 is 0 Å². The first-order valence-corrected chi connectivity index (χ1v) is 5.75. The van der Waals surface area contributed by atoms with Crippen LogP contribution < -0.4 is 5.32 Å². The van der Waals surface area contributed by atoms with E-state index in [1.165, 1.54) is 0 Å². The second-order valence-corrected chi connectivity index (χ2v) is 4.32. The minimum atomic E-state index is 0.0803. The summed E-state index contributed by atoms with van der Waals surface area (Å²) in [4.78, 5) is 13.4. The number of benzene rings is 1. The van der Waals surface area contributed by atoms with Crippen molar-refractivity contribution in [1.29, 1.82) is 5.26 Å². The number of hydrogen-bond acceptors (Lipinski definition) is 3. The molecule has 0 atom stereocenters. The molecule has 0 saturated carbocycles. The number of nitriles is 1. The highest BCUT2D eigenvalue weighted by Crippen LogP contribution is 2.19. The molecule has 88 valence electrons. The standard InChI is InChI=1S/C12H12ClN3O/c13-11-5-9(6-14)1-2-10(11)8-16-4-3-15-7-12(16)17/h1-2,5,15H,3-4,7-8H2. The molecule has 4 nitrogen and oxygen atoms in total. The Morgan fingerprint density at radius 3 is 3.00 bits per heavy atom. The molecule has 1 amide bonds. The average Bonchev–Trinajstić information content (AvgIpc) is 2.34. The number of piperazine rings is 1. The van der Waals surface area contributed by atoms with Crippen LogP contribution in [0.2, 0.25) is 5.02 Å². The van der Waals surface area contributed by atoms with E-state index in [2.05, 4.69) is 5.32 Å². The van der Waals surface area contributed by atoms with E-state index < -0.39 is 0 Å². The van der Waals surface area contributed by atoms with E-state index in [1.807, 2.05) is 6.07 Å². The molecule has 1 saturated heterocycles. The number of nitrogens with one attached hydrogen (secondary N) is 1. The van der Waals surface area contributed by atoms with Gasteiger partial charge in [0.25, 0.3) is 0 Å². The van der Waals surface area contributed by atoms with Crippen molar-refractivity contribution in [2.45, 2.75) is 6.54 Å². The van der Waals surface area contributed by atoms with Crippen molar-refractivity contribution in [3.05, 3.63) is 34.3 Å². The molecule has 0 spiro atoms. The zero-order chi connectivity index (χ0) is 12.3. The molecule has 1 aromatic carbocycles. The summed E-state index contributed by atoms with van der Waals surface area (Å²) in [7, 11) is 0. The Hall–Kier alpha value is -1.57. The zero-order valence-electron chi connectivity index (χ0n) is 9.24. The molecule has 1 N–H and O–H groups in total. The minimum absolute atomic E-state index is 0.0803. The van der Waals surface area contributed by atoms with E-state index in [1.54, 1.807) is 23.1 Å². The molecule has 2 rings (SSSR count). The van der Waals surface area contributed by atoms with Crippen molar-refractivity contribution < 1.29 is 4.79 Å². The van der Waals surface area contributed by atoms with Gasteiger partial charge in [0.15, 0.2) is 0 Å². The number of hydrogen-bond donors (Lipinski definition) is 1. The summed E-state index contributed by atoms with van der Waals surface area (Å²) in [6.07, 6.45) is 0. The van der Waals surface area contributed by atoms with Crippen molar-refractivity contribution in [1.82, 2.24) is 10.2 Å². The third kappa shape index (κ3) is 2.76. The number of carbonyl (C=O) groups excluding carboxylic acids is 1. The van der Waals surface area contributed by atoms with Gasteiger partial charge in [-0.25, -0.2) is 0 Å². The monoisotopic (exact) mass is 249 g/mol. The van der Waals surface area contributed by atoms with Gasteiger partial charge in [0.1, 0.15) is 0 Å². The van der Waals surface area contributed by atoms with Gasteiger partial charge in [-0.2, -0.15) is 5.26 Å². The van der Waals surface area contributed by atoms with Crippen LogP contribution in [0, 0.1) is 11.3 Å². The van der Waals surface area contributed by atoms with Crippen molar-refractivity contribution >= 4 is 17.5 Å². The fourth-order valence-electron chi connectivity index (χ4n) is 1.76. The summed E-state index contributed by atoms with van der Waals surface area (Å²) < 4.78 is 0. The highest BCUT2D eigenvalue weighted by atomic mass is 35.5. The third-order valence-corrected chi connectivity index (χ3v) is 3.08. The van der Waals surface area contributed by atoms with Crippen molar-refractivity contribution in [2.75, 3.05) is 19.6 Å². The summed E-state index contributed by atoms with van der Waals surface area (Å²) in [6, 6.07) is 7.18. The Balaban J connectivity index is 2.13. The van der Waals surface area contributed by atoms with Crippen molar-refractivity contribution in [3.8, 4) is 6.07 Å². The number of halogens is 1. The second kappa shape index (κ2) is 5.17. The fourth-order valence-corrected chi connectivity index (χ4v) is 2.00. The summed E-state index contributed by atoms with van der Waals surface area (Å²) >= 11 is 6.07. The lowest BCUT2D eigenvalue weighted by Gasteiger charge is -2.27. The summed E-state index contributed by atoms with van der Waals surface area (Å²) in [5, 5.41) is 12.3. The lowest BCUT2D eigenvalue weighted by atomic mass is 10.1. The predicted molar refractivity (Wildman–Crippen MR) is 64.5 cm³/mol. The summed E-state index contributed by atoms with van der Waals surface area (Å²) in [5.74, 6) is 0.0803. The maximum atomic E-state index is 11.6. The smallest absolute Gasteiger partial charge is 0.236 e. The van der Waals surface area contributed by atoms with E-state index in [-0.39, 0.29) is 5.91 Å². The van der Waals surface area contributed by atoms with Crippen LogP contribution in [0.1, 0.15) is 11.1 Å². The van der Waals surface area contributed by atoms with Gasteiger partial charge in [0.2, 0.25) is 5.91 Å². The van der Waals surface area contributed by atoms with E-state index in [4.69, 9.17) is 16.9 Å². The van der Waals surface area contributed by atoms with Gasteiger partial charge in [-0.05, 0) is 17.7 Å². The van der Waals surface area contributed by atoms with Gasteiger partial charge in [0, 0.05) is 24.7 Å². The van der Waals surface area contributed by atoms with Crippen molar-refractivity contribution in [2.24, 2.45) is 0 Å². The van der Waals surface area contributed by atoms with Crippen LogP contribution in [0.15, 0.2) is 18.2 Å². The highest BCUT2D eigenvalue weighted by molar-refractivity contribution is 6.31. The molecule has 0 radical (unpaired) electrons. The average molecular weight is 250 g/mol. The van der Waals surface area contributed by atoms with Gasteiger partial charge in [-0.3, -0.25) is 4.79 Å². The molecular weight excluding hydrogens is 238 g/mol. The van der Waals surface area contributed by atoms with Crippen LogP contribution in [0.25, 0.3) is 0 Å². The van der Waals surface area contributed by atoms with Crippen LogP contribution in [0.4, 0.5) is 0 Å². The third-order valence-electron chi connectivity index (χ3n) is 2.73. The quantitative estimate of drug-likeness (QED) is 0.855. The van der Waals surface area contributed by atoms with Crippen LogP contribution in [0.3, 0.4) is 0 Å². The number of nitrogens with zero attached hydrogens (tertiary/aromatic N) is 2. The van der Waals surface area contributed by atoms with Crippen LogP contribution in [-0.4, -0.2) is 30.4 Å². The molecule has 1 aliphatic heterocycles. The molecule has 1 fully saturated rings. The van der Waals surface area contributed by atoms with Gasteiger partial charge in [-0.15, -0.1) is 0 Å². The molecule has 5 heteroatoms. The summed E-state index contributed by atoms with van der Waals surface area (Å²) in [6.45, 7) is 2.38. The Morgan fingerprint density at radius 2 is 2.35 bits per heavy atom. The fraction of sp³-hybridized carbons (Fsp3) is 0.333. The van der Waals surface area contributed by atoms with Gasteiger partial charge >= 0.3 is 0 Å². The maximum absolute atomic E-state index is 11.6.